The Bertz CT molecular complexity index is 778. The summed E-state index contributed by atoms with van der Waals surface area (Å²) >= 11 is 0. The number of fused-ring (bicyclic) bond motifs is 1. The van der Waals surface area contributed by atoms with E-state index in [1.165, 1.54) is 12.6 Å². The highest BCUT2D eigenvalue weighted by Crippen LogP contribution is 2.34. The van der Waals surface area contributed by atoms with Crippen LogP contribution in [-0.4, -0.2) is 40.7 Å². The number of carbonyl (C=O) groups is 1. The molecular formula is C18H20N4O3. The predicted molar refractivity (Wildman–Crippen MR) is 92.2 cm³/mol. The fraction of sp³-hybridized carbons (Fsp3) is 0.389. The van der Waals surface area contributed by atoms with Crippen LogP contribution in [0.5, 0.6) is 11.5 Å². The fourth-order valence-corrected chi connectivity index (χ4v) is 3.16. The van der Waals surface area contributed by atoms with E-state index in [1.807, 2.05) is 23.1 Å². The van der Waals surface area contributed by atoms with Crippen molar-refractivity contribution in [2.24, 2.45) is 5.92 Å². The van der Waals surface area contributed by atoms with Gasteiger partial charge in [0.1, 0.15) is 11.5 Å². The molecule has 1 unspecified atom stereocenters. The number of piperidine rings is 1. The van der Waals surface area contributed by atoms with Crippen molar-refractivity contribution >= 4 is 17.4 Å². The highest BCUT2D eigenvalue weighted by Gasteiger charge is 2.23. The van der Waals surface area contributed by atoms with E-state index >= 15 is 0 Å². The van der Waals surface area contributed by atoms with Gasteiger partial charge < -0.3 is 19.7 Å². The van der Waals surface area contributed by atoms with Crippen LogP contribution in [-0.2, 0) is 0 Å². The van der Waals surface area contributed by atoms with Crippen molar-refractivity contribution in [3.05, 3.63) is 36.3 Å². The number of amides is 1. The second kappa shape index (κ2) is 6.58. The molecule has 4 rings (SSSR count). The molecule has 1 atom stereocenters. The van der Waals surface area contributed by atoms with Gasteiger partial charge in [-0.1, -0.05) is 6.92 Å². The van der Waals surface area contributed by atoms with Gasteiger partial charge in [0.15, 0.2) is 11.5 Å². The molecule has 1 fully saturated rings. The van der Waals surface area contributed by atoms with E-state index in [9.17, 15) is 4.79 Å². The zero-order valence-corrected chi connectivity index (χ0v) is 14.1. The molecule has 1 aromatic heterocycles. The molecule has 0 spiro atoms. The summed E-state index contributed by atoms with van der Waals surface area (Å²) in [6.45, 7) is 3.99. The highest BCUT2D eigenvalue weighted by atomic mass is 16.7. The van der Waals surface area contributed by atoms with E-state index in [-0.39, 0.29) is 12.7 Å². The molecule has 1 amide bonds. The van der Waals surface area contributed by atoms with Gasteiger partial charge in [0.25, 0.3) is 5.91 Å². The van der Waals surface area contributed by atoms with Gasteiger partial charge in [0.2, 0.25) is 6.79 Å². The Balaban J connectivity index is 1.44. The van der Waals surface area contributed by atoms with Crippen molar-refractivity contribution in [2.45, 2.75) is 19.8 Å². The third-order valence-electron chi connectivity index (χ3n) is 4.46. The molecule has 3 heterocycles. The summed E-state index contributed by atoms with van der Waals surface area (Å²) in [5.41, 5.74) is 1.20. The Morgan fingerprint density at radius 2 is 2.12 bits per heavy atom. The van der Waals surface area contributed by atoms with Gasteiger partial charge in [-0.15, -0.1) is 0 Å². The molecular weight excluding hydrogens is 320 g/mol. The minimum atomic E-state index is -0.0475. The third kappa shape index (κ3) is 3.35. The first kappa shape index (κ1) is 15.7. The average molecular weight is 340 g/mol. The number of carbonyl (C=O) groups excluding carboxylic acids is 1. The smallest absolute Gasteiger partial charge is 0.274 e. The third-order valence-corrected chi connectivity index (χ3v) is 4.46. The minimum Gasteiger partial charge on any atom is -0.454 e. The predicted octanol–water partition coefficient (Wildman–Crippen LogP) is 2.82. The van der Waals surface area contributed by atoms with Gasteiger partial charge in [-0.2, -0.15) is 0 Å². The summed E-state index contributed by atoms with van der Waals surface area (Å²) in [5, 5.41) is 3.15. The van der Waals surface area contributed by atoms with Crippen molar-refractivity contribution in [2.75, 3.05) is 25.2 Å². The summed E-state index contributed by atoms with van der Waals surface area (Å²) in [5.74, 6) is 2.49. The van der Waals surface area contributed by atoms with E-state index in [0.29, 0.717) is 23.2 Å². The minimum absolute atomic E-state index is 0.0475. The second-order valence-corrected chi connectivity index (χ2v) is 6.48. The Kier molecular flexibility index (Phi) is 4.13. The first-order chi connectivity index (χ1) is 12.2. The highest BCUT2D eigenvalue weighted by molar-refractivity contribution is 5.92. The molecule has 0 radical (unpaired) electrons. The largest absolute Gasteiger partial charge is 0.454 e. The molecule has 0 bridgehead atoms. The van der Waals surface area contributed by atoms with Crippen LogP contribution in [0.25, 0.3) is 0 Å². The summed E-state index contributed by atoms with van der Waals surface area (Å²) in [6, 6.07) is 5.56. The maximum Gasteiger partial charge on any atom is 0.274 e. The van der Waals surface area contributed by atoms with Gasteiger partial charge in [0, 0.05) is 24.8 Å². The SMILES string of the molecule is CC1CCCN(C(=O)c2cnc(Nc3ccc4c(c3)OCO4)cn2)C1. The topological polar surface area (TPSA) is 76.6 Å². The number of benzene rings is 1. The molecule has 7 heteroatoms. The molecule has 2 aliphatic rings. The van der Waals surface area contributed by atoms with E-state index in [4.69, 9.17) is 9.47 Å². The maximum atomic E-state index is 12.5. The average Bonchev–Trinajstić information content (AvgIpc) is 3.09. The fourth-order valence-electron chi connectivity index (χ4n) is 3.16. The first-order valence-corrected chi connectivity index (χ1v) is 8.47. The van der Waals surface area contributed by atoms with Crippen molar-refractivity contribution < 1.29 is 14.3 Å². The Morgan fingerprint density at radius 3 is 2.92 bits per heavy atom. The number of anilines is 2. The lowest BCUT2D eigenvalue weighted by atomic mass is 10.0. The van der Waals surface area contributed by atoms with Crippen LogP contribution in [0.4, 0.5) is 11.5 Å². The number of hydrogen-bond donors (Lipinski definition) is 1. The molecule has 2 aliphatic heterocycles. The Hall–Kier alpha value is -2.83. The molecule has 7 nitrogen and oxygen atoms in total. The number of ether oxygens (including phenoxy) is 2. The van der Waals surface area contributed by atoms with Crippen molar-refractivity contribution in [3.8, 4) is 11.5 Å². The quantitative estimate of drug-likeness (QED) is 0.926. The Labute approximate surface area is 146 Å². The molecule has 130 valence electrons. The maximum absolute atomic E-state index is 12.5. The lowest BCUT2D eigenvalue weighted by Crippen LogP contribution is -2.39. The lowest BCUT2D eigenvalue weighted by molar-refractivity contribution is 0.0676. The van der Waals surface area contributed by atoms with Crippen LogP contribution < -0.4 is 14.8 Å². The normalized spacial score (nSPS) is 18.9. The molecule has 2 aromatic rings. The van der Waals surface area contributed by atoms with E-state index in [0.717, 1.165) is 30.9 Å². The number of nitrogens with one attached hydrogen (secondary N) is 1. The zero-order chi connectivity index (χ0) is 17.2. The van der Waals surface area contributed by atoms with Crippen LogP contribution in [0.1, 0.15) is 30.3 Å². The molecule has 25 heavy (non-hydrogen) atoms. The van der Waals surface area contributed by atoms with Gasteiger partial charge in [-0.3, -0.25) is 4.79 Å². The van der Waals surface area contributed by atoms with Gasteiger partial charge in [0.05, 0.1) is 12.4 Å². The van der Waals surface area contributed by atoms with Gasteiger partial charge >= 0.3 is 0 Å². The lowest BCUT2D eigenvalue weighted by Gasteiger charge is -2.30. The van der Waals surface area contributed by atoms with Crippen LogP contribution in [0.3, 0.4) is 0 Å². The summed E-state index contributed by atoms with van der Waals surface area (Å²) in [7, 11) is 0. The number of rotatable bonds is 3. The monoisotopic (exact) mass is 340 g/mol. The van der Waals surface area contributed by atoms with Gasteiger partial charge in [-0.25, -0.2) is 9.97 Å². The zero-order valence-electron chi connectivity index (χ0n) is 14.1. The van der Waals surface area contributed by atoms with Crippen LogP contribution >= 0.6 is 0 Å². The summed E-state index contributed by atoms with van der Waals surface area (Å²) in [6.07, 6.45) is 5.32. The van der Waals surface area contributed by atoms with Crippen molar-refractivity contribution in [1.29, 1.82) is 0 Å². The van der Waals surface area contributed by atoms with E-state index < -0.39 is 0 Å². The number of nitrogens with zero attached hydrogens (tertiary/aromatic N) is 3. The molecule has 1 saturated heterocycles. The van der Waals surface area contributed by atoms with Crippen LogP contribution in [0.2, 0.25) is 0 Å². The van der Waals surface area contributed by atoms with E-state index in [1.54, 1.807) is 6.20 Å². The van der Waals surface area contributed by atoms with Crippen LogP contribution in [0, 0.1) is 5.92 Å². The standard InChI is InChI=1S/C18H20N4O3/c1-12-3-2-6-22(10-12)18(23)14-8-20-17(9-19-14)21-13-4-5-15-16(7-13)25-11-24-15/h4-5,7-9,12H,2-3,6,10-11H2,1H3,(H,20,21). The number of hydrogen-bond acceptors (Lipinski definition) is 6. The second-order valence-electron chi connectivity index (χ2n) is 6.48. The van der Waals surface area contributed by atoms with Gasteiger partial charge in [-0.05, 0) is 30.9 Å². The summed E-state index contributed by atoms with van der Waals surface area (Å²) in [4.78, 5) is 23.0. The van der Waals surface area contributed by atoms with Crippen molar-refractivity contribution in [3.63, 3.8) is 0 Å². The Morgan fingerprint density at radius 1 is 1.24 bits per heavy atom. The molecule has 1 N–H and O–H groups in total. The van der Waals surface area contributed by atoms with Crippen LogP contribution in [0.15, 0.2) is 30.6 Å². The first-order valence-electron chi connectivity index (χ1n) is 8.47. The van der Waals surface area contributed by atoms with E-state index in [2.05, 4.69) is 22.2 Å². The number of likely N-dealkylation sites (tertiary alicyclic amines) is 1. The van der Waals surface area contributed by atoms with Crippen molar-refractivity contribution in [1.82, 2.24) is 14.9 Å². The molecule has 0 aliphatic carbocycles. The number of aromatic nitrogens is 2. The molecule has 0 saturated carbocycles. The summed E-state index contributed by atoms with van der Waals surface area (Å²) < 4.78 is 10.6. The molecule has 1 aromatic carbocycles.